The van der Waals surface area contributed by atoms with Gasteiger partial charge in [-0.15, -0.1) is 0 Å². The molecule has 0 aromatic carbocycles. The van der Waals surface area contributed by atoms with E-state index < -0.39 is 0 Å². The first kappa shape index (κ1) is 17.2. The van der Waals surface area contributed by atoms with Crippen molar-refractivity contribution in [3.63, 3.8) is 0 Å². The second-order valence-corrected chi connectivity index (χ2v) is 7.88. The third kappa shape index (κ3) is 3.87. The molecule has 6 nitrogen and oxygen atoms in total. The summed E-state index contributed by atoms with van der Waals surface area (Å²) in [6.07, 6.45) is 5.74. The van der Waals surface area contributed by atoms with Crippen molar-refractivity contribution in [2.45, 2.75) is 52.2 Å². The number of piperazine rings is 1. The Hall–Kier alpha value is -1.66. The van der Waals surface area contributed by atoms with Crippen LogP contribution in [0.25, 0.3) is 0 Å². The number of imidazole rings is 1. The van der Waals surface area contributed by atoms with Crippen LogP contribution in [0.15, 0.2) is 23.0 Å². The molecule has 0 spiro atoms. The van der Waals surface area contributed by atoms with E-state index in [1.807, 2.05) is 18.6 Å². The minimum Gasteiger partial charge on any atom is -0.444 e. The molecule has 0 N–H and O–H groups in total. The Morgan fingerprint density at radius 2 is 2.00 bits per heavy atom. The highest BCUT2D eigenvalue weighted by Crippen LogP contribution is 2.23. The van der Waals surface area contributed by atoms with Crippen LogP contribution in [-0.4, -0.2) is 50.0 Å². The van der Waals surface area contributed by atoms with Gasteiger partial charge < -0.3 is 8.98 Å². The molecule has 1 unspecified atom stereocenters. The first-order chi connectivity index (χ1) is 11.3. The predicted molar refractivity (Wildman–Crippen MR) is 93.6 cm³/mol. The van der Waals surface area contributed by atoms with E-state index in [-0.39, 0.29) is 5.41 Å². The lowest BCUT2D eigenvalue weighted by molar-refractivity contribution is 0.0653. The Morgan fingerprint density at radius 1 is 1.21 bits per heavy atom. The summed E-state index contributed by atoms with van der Waals surface area (Å²) in [6.45, 7) is 13.5. The standard InChI is InChI=1S/C18H29N5O/c1-14-11-22(13-17-20-10-15(24-17)18(2,3)4)8-9-23(14)12-16-19-6-7-21(16)5/h6-7,10,14H,8-9,11-13H2,1-5H3. The van der Waals surface area contributed by atoms with Gasteiger partial charge in [0.25, 0.3) is 0 Å². The molecule has 0 amide bonds. The van der Waals surface area contributed by atoms with Crippen LogP contribution < -0.4 is 0 Å². The maximum atomic E-state index is 5.93. The second-order valence-electron chi connectivity index (χ2n) is 7.88. The number of rotatable bonds is 4. The third-order valence-electron chi connectivity index (χ3n) is 4.77. The largest absolute Gasteiger partial charge is 0.444 e. The lowest BCUT2D eigenvalue weighted by atomic mass is 9.94. The van der Waals surface area contributed by atoms with Crippen molar-refractivity contribution in [1.82, 2.24) is 24.3 Å². The maximum Gasteiger partial charge on any atom is 0.208 e. The highest BCUT2D eigenvalue weighted by atomic mass is 16.4. The average molecular weight is 331 g/mol. The summed E-state index contributed by atoms with van der Waals surface area (Å²) in [6, 6.07) is 0.493. The Labute approximate surface area is 144 Å². The Kier molecular flexibility index (Phi) is 4.78. The van der Waals surface area contributed by atoms with E-state index >= 15 is 0 Å². The van der Waals surface area contributed by atoms with E-state index in [9.17, 15) is 0 Å². The van der Waals surface area contributed by atoms with Crippen molar-refractivity contribution in [1.29, 1.82) is 0 Å². The van der Waals surface area contributed by atoms with Crippen LogP contribution in [0, 0.1) is 0 Å². The fourth-order valence-corrected chi connectivity index (χ4v) is 3.10. The third-order valence-corrected chi connectivity index (χ3v) is 4.77. The molecule has 6 heteroatoms. The van der Waals surface area contributed by atoms with Gasteiger partial charge in [0.1, 0.15) is 11.6 Å². The first-order valence-electron chi connectivity index (χ1n) is 8.70. The monoisotopic (exact) mass is 331 g/mol. The van der Waals surface area contributed by atoms with Crippen molar-refractivity contribution in [3.8, 4) is 0 Å². The van der Waals surface area contributed by atoms with E-state index in [1.165, 1.54) is 0 Å². The Bertz CT molecular complexity index is 669. The van der Waals surface area contributed by atoms with Gasteiger partial charge in [0.15, 0.2) is 0 Å². The predicted octanol–water partition coefficient (Wildman–Crippen LogP) is 2.41. The van der Waals surface area contributed by atoms with Gasteiger partial charge >= 0.3 is 0 Å². The number of aromatic nitrogens is 3. The van der Waals surface area contributed by atoms with Crippen LogP contribution in [0.5, 0.6) is 0 Å². The van der Waals surface area contributed by atoms with Gasteiger partial charge in [0.05, 0.1) is 19.3 Å². The smallest absolute Gasteiger partial charge is 0.208 e. The average Bonchev–Trinajstić information content (AvgIpc) is 3.11. The van der Waals surface area contributed by atoms with Gasteiger partial charge in [-0.2, -0.15) is 0 Å². The van der Waals surface area contributed by atoms with E-state index in [2.05, 4.69) is 59.1 Å². The molecule has 3 heterocycles. The first-order valence-corrected chi connectivity index (χ1v) is 8.70. The molecule has 1 saturated heterocycles. The molecular weight excluding hydrogens is 302 g/mol. The summed E-state index contributed by atoms with van der Waals surface area (Å²) >= 11 is 0. The highest BCUT2D eigenvalue weighted by molar-refractivity contribution is 5.06. The second kappa shape index (κ2) is 6.69. The fourth-order valence-electron chi connectivity index (χ4n) is 3.10. The van der Waals surface area contributed by atoms with Crippen molar-refractivity contribution in [3.05, 3.63) is 36.1 Å². The number of aryl methyl sites for hydroxylation is 1. The van der Waals surface area contributed by atoms with Crippen LogP contribution in [-0.2, 0) is 25.6 Å². The van der Waals surface area contributed by atoms with Crippen molar-refractivity contribution < 1.29 is 4.42 Å². The minimum absolute atomic E-state index is 0.0132. The van der Waals surface area contributed by atoms with Crippen molar-refractivity contribution in [2.24, 2.45) is 7.05 Å². The van der Waals surface area contributed by atoms with Crippen molar-refractivity contribution in [2.75, 3.05) is 19.6 Å². The molecule has 24 heavy (non-hydrogen) atoms. The lowest BCUT2D eigenvalue weighted by Gasteiger charge is -2.39. The molecule has 132 valence electrons. The zero-order valence-corrected chi connectivity index (χ0v) is 15.5. The van der Waals surface area contributed by atoms with Gasteiger partial charge in [0.2, 0.25) is 5.89 Å². The molecule has 3 rings (SSSR count). The SMILES string of the molecule is CC1CN(Cc2ncc(C(C)(C)C)o2)CCN1Cc1nccn1C. The van der Waals surface area contributed by atoms with E-state index in [1.54, 1.807) is 0 Å². The summed E-state index contributed by atoms with van der Waals surface area (Å²) in [5.74, 6) is 2.90. The normalized spacial score (nSPS) is 20.6. The molecular formula is C18H29N5O. The number of nitrogens with zero attached hydrogens (tertiary/aromatic N) is 5. The molecule has 2 aromatic heterocycles. The van der Waals surface area contributed by atoms with E-state index in [4.69, 9.17) is 4.42 Å². The molecule has 1 fully saturated rings. The minimum atomic E-state index is 0.0132. The van der Waals surface area contributed by atoms with Crippen LogP contribution in [0.2, 0.25) is 0 Å². The fraction of sp³-hybridized carbons (Fsp3) is 0.667. The van der Waals surface area contributed by atoms with Crippen LogP contribution >= 0.6 is 0 Å². The molecule has 0 aliphatic carbocycles. The van der Waals surface area contributed by atoms with Crippen LogP contribution in [0.3, 0.4) is 0 Å². The maximum absolute atomic E-state index is 5.93. The lowest BCUT2D eigenvalue weighted by Crippen LogP contribution is -2.51. The molecule has 0 bridgehead atoms. The summed E-state index contributed by atoms with van der Waals surface area (Å²) in [5.41, 5.74) is 0.0132. The van der Waals surface area contributed by atoms with Gasteiger partial charge in [-0.05, 0) is 6.92 Å². The topological polar surface area (TPSA) is 50.3 Å². The van der Waals surface area contributed by atoms with E-state index in [0.717, 1.165) is 50.2 Å². The highest BCUT2D eigenvalue weighted by Gasteiger charge is 2.26. The van der Waals surface area contributed by atoms with Gasteiger partial charge in [-0.25, -0.2) is 9.97 Å². The molecule has 0 radical (unpaired) electrons. The van der Waals surface area contributed by atoms with Gasteiger partial charge in [0, 0.05) is 50.5 Å². The molecule has 1 atom stereocenters. The van der Waals surface area contributed by atoms with Crippen LogP contribution in [0.4, 0.5) is 0 Å². The van der Waals surface area contributed by atoms with Gasteiger partial charge in [-0.3, -0.25) is 9.80 Å². The number of hydrogen-bond acceptors (Lipinski definition) is 5. The summed E-state index contributed by atoms with van der Waals surface area (Å²) < 4.78 is 8.03. The summed E-state index contributed by atoms with van der Waals surface area (Å²) in [4.78, 5) is 13.8. The molecule has 1 aliphatic rings. The zero-order valence-electron chi connectivity index (χ0n) is 15.5. The van der Waals surface area contributed by atoms with Crippen molar-refractivity contribution >= 4 is 0 Å². The Balaban J connectivity index is 1.55. The van der Waals surface area contributed by atoms with Gasteiger partial charge in [-0.1, -0.05) is 20.8 Å². The number of hydrogen-bond donors (Lipinski definition) is 0. The summed E-state index contributed by atoms with van der Waals surface area (Å²) in [7, 11) is 2.05. The summed E-state index contributed by atoms with van der Waals surface area (Å²) in [5, 5.41) is 0. The quantitative estimate of drug-likeness (QED) is 0.861. The Morgan fingerprint density at radius 3 is 2.58 bits per heavy atom. The molecule has 0 saturated carbocycles. The molecule has 2 aromatic rings. The number of oxazole rings is 1. The van der Waals surface area contributed by atoms with Crippen LogP contribution in [0.1, 0.15) is 45.2 Å². The molecule has 1 aliphatic heterocycles. The zero-order chi connectivity index (χ0) is 17.3. The van der Waals surface area contributed by atoms with E-state index in [0.29, 0.717) is 6.04 Å².